The van der Waals surface area contributed by atoms with Crippen LogP contribution in [0.2, 0.25) is 5.02 Å². The topological polar surface area (TPSA) is 86.5 Å². The van der Waals surface area contributed by atoms with E-state index in [1.54, 1.807) is 31.2 Å². The van der Waals surface area contributed by atoms with E-state index in [9.17, 15) is 13.2 Å². The summed E-state index contributed by atoms with van der Waals surface area (Å²) in [7, 11) is -3.52. The van der Waals surface area contributed by atoms with Gasteiger partial charge in [0, 0.05) is 16.1 Å². The van der Waals surface area contributed by atoms with E-state index in [2.05, 4.69) is 5.16 Å². The minimum atomic E-state index is -3.52. The maximum Gasteiger partial charge on any atom is 0.316 e. The molecule has 1 aliphatic rings. The molecule has 3 aromatic carbocycles. The lowest BCUT2D eigenvalue weighted by Crippen LogP contribution is -2.23. The highest BCUT2D eigenvalue weighted by molar-refractivity contribution is 7.89. The highest BCUT2D eigenvalue weighted by Crippen LogP contribution is 2.49. The maximum absolute atomic E-state index is 13.0. The highest BCUT2D eigenvalue weighted by atomic mass is 35.5. The van der Waals surface area contributed by atoms with Gasteiger partial charge >= 0.3 is 5.97 Å². The van der Waals surface area contributed by atoms with Crippen molar-refractivity contribution < 1.29 is 22.5 Å². The molecule has 0 radical (unpaired) electrons. The Labute approximate surface area is 227 Å². The van der Waals surface area contributed by atoms with Crippen LogP contribution in [0, 0.1) is 6.92 Å². The van der Waals surface area contributed by atoms with Gasteiger partial charge in [0.1, 0.15) is 0 Å². The molecule has 6 nitrogen and oxygen atoms in total. The molecule has 0 N–H and O–H groups in total. The van der Waals surface area contributed by atoms with Crippen LogP contribution in [0.4, 0.5) is 0 Å². The lowest BCUT2D eigenvalue weighted by atomic mass is 9.93. The molecule has 1 heterocycles. The molecule has 1 saturated carbocycles. The van der Waals surface area contributed by atoms with Gasteiger partial charge in [0.25, 0.3) is 0 Å². The summed E-state index contributed by atoms with van der Waals surface area (Å²) >= 11 is 6.18. The first-order valence-corrected chi connectivity index (χ1v) is 14.7. The molecule has 0 atom stereocenters. The molecular weight excluding hydrogens is 522 g/mol. The molecule has 38 heavy (non-hydrogen) atoms. The predicted octanol–water partition coefficient (Wildman–Crippen LogP) is 6.68. The molecule has 0 amide bonds. The van der Waals surface area contributed by atoms with Crippen LogP contribution >= 0.6 is 11.6 Å². The molecule has 0 bridgehead atoms. The highest BCUT2D eigenvalue weighted by Gasteiger charge is 2.52. The molecule has 1 fully saturated rings. The fourth-order valence-electron chi connectivity index (χ4n) is 4.71. The van der Waals surface area contributed by atoms with Crippen molar-refractivity contribution in [3.63, 3.8) is 0 Å². The minimum absolute atomic E-state index is 0.149. The predicted molar refractivity (Wildman–Crippen MR) is 147 cm³/mol. The monoisotopic (exact) mass is 549 g/mol. The van der Waals surface area contributed by atoms with Crippen LogP contribution in [0.3, 0.4) is 0 Å². The average Bonchev–Trinajstić information content (AvgIpc) is 3.65. The number of halogens is 1. The number of hydrogen-bond donors (Lipinski definition) is 0. The molecule has 4 aromatic rings. The Balaban J connectivity index is 1.34. The summed E-state index contributed by atoms with van der Waals surface area (Å²) in [6.07, 6.45) is 1.62. The summed E-state index contributed by atoms with van der Waals surface area (Å²) in [6.45, 7) is 3.94. The van der Waals surface area contributed by atoms with Crippen molar-refractivity contribution in [2.75, 3.05) is 6.61 Å². The Bertz CT molecular complexity index is 1570. The number of nitrogens with zero attached hydrogens (tertiary/aromatic N) is 1. The van der Waals surface area contributed by atoms with Gasteiger partial charge in [-0.15, -0.1) is 0 Å². The van der Waals surface area contributed by atoms with E-state index in [4.69, 9.17) is 20.9 Å². The van der Waals surface area contributed by atoms with Crippen LogP contribution in [0.25, 0.3) is 22.5 Å². The van der Waals surface area contributed by atoms with E-state index in [0.29, 0.717) is 34.2 Å². The lowest BCUT2D eigenvalue weighted by Gasteiger charge is -2.14. The number of carbonyl (C=O) groups excluding carboxylic acids is 1. The first-order chi connectivity index (χ1) is 18.2. The molecule has 0 aliphatic heterocycles. The third-order valence-corrected chi connectivity index (χ3v) is 8.86. The Morgan fingerprint density at radius 3 is 2.16 bits per heavy atom. The second-order valence-electron chi connectivity index (χ2n) is 9.66. The summed E-state index contributed by atoms with van der Waals surface area (Å²) in [4.78, 5) is 12.4. The largest absolute Gasteiger partial charge is 0.465 e. The van der Waals surface area contributed by atoms with E-state index in [1.165, 1.54) is 0 Å². The van der Waals surface area contributed by atoms with Gasteiger partial charge in [-0.25, -0.2) is 8.42 Å². The van der Waals surface area contributed by atoms with Crippen LogP contribution < -0.4 is 0 Å². The Kier molecular flexibility index (Phi) is 7.16. The van der Waals surface area contributed by atoms with Crippen LogP contribution in [0.15, 0.2) is 77.3 Å². The first-order valence-electron chi connectivity index (χ1n) is 12.5. The number of esters is 1. The molecule has 196 valence electrons. The number of aromatic nitrogens is 1. The molecule has 8 heteroatoms. The lowest BCUT2D eigenvalue weighted by molar-refractivity contribution is -0.146. The Morgan fingerprint density at radius 2 is 1.55 bits per heavy atom. The fourth-order valence-corrected chi connectivity index (χ4v) is 6.60. The van der Waals surface area contributed by atoms with Gasteiger partial charge in [-0.3, -0.25) is 4.79 Å². The van der Waals surface area contributed by atoms with Gasteiger partial charge in [-0.05, 0) is 55.0 Å². The van der Waals surface area contributed by atoms with Crippen molar-refractivity contribution in [1.29, 1.82) is 0 Å². The quantitative estimate of drug-likeness (QED) is 0.216. The van der Waals surface area contributed by atoms with Gasteiger partial charge in [-0.1, -0.05) is 83.5 Å². The standard InChI is InChI=1S/C30H28ClNO5S/c1-3-36-29(33)30(16-17-30)25-14-12-22(13-15-25)21-8-10-23(11-9-21)28-26(20(2)32-37-28)19-38(34,35)18-24-6-4-5-7-27(24)31/h4-15H,3,16-19H2,1-2H3. The number of ether oxygens (including phenoxy) is 1. The molecule has 1 aliphatic carbocycles. The van der Waals surface area contributed by atoms with Gasteiger partial charge in [-0.2, -0.15) is 0 Å². The summed E-state index contributed by atoms with van der Waals surface area (Å²) in [5.41, 5.74) is 4.88. The average molecular weight is 550 g/mol. The first kappa shape index (κ1) is 26.2. The summed E-state index contributed by atoms with van der Waals surface area (Å²) in [6, 6.07) is 22.7. The molecule has 5 rings (SSSR count). The molecule has 0 spiro atoms. The van der Waals surface area contributed by atoms with Crippen molar-refractivity contribution in [3.05, 3.63) is 100 Å². The third-order valence-electron chi connectivity index (χ3n) is 7.02. The minimum Gasteiger partial charge on any atom is -0.465 e. The van der Waals surface area contributed by atoms with Crippen LogP contribution in [0.1, 0.15) is 42.1 Å². The van der Waals surface area contributed by atoms with Gasteiger partial charge in [0.15, 0.2) is 15.6 Å². The van der Waals surface area contributed by atoms with Crippen molar-refractivity contribution in [3.8, 4) is 22.5 Å². The summed E-state index contributed by atoms with van der Waals surface area (Å²) in [5.74, 6) is -0.0707. The maximum atomic E-state index is 13.0. The van der Waals surface area contributed by atoms with E-state index in [0.717, 1.165) is 35.1 Å². The number of sulfone groups is 1. The van der Waals surface area contributed by atoms with E-state index >= 15 is 0 Å². The zero-order valence-electron chi connectivity index (χ0n) is 21.2. The molecular formula is C30H28ClNO5S. The van der Waals surface area contributed by atoms with Gasteiger partial charge < -0.3 is 9.26 Å². The van der Waals surface area contributed by atoms with Crippen LogP contribution in [-0.2, 0) is 36.3 Å². The normalized spacial score (nSPS) is 14.3. The SMILES string of the molecule is CCOC(=O)C1(c2ccc(-c3ccc(-c4onc(C)c4CS(=O)(=O)Cc4ccccc4Cl)cc3)cc2)CC1. The molecule has 0 saturated heterocycles. The van der Waals surface area contributed by atoms with Crippen molar-refractivity contribution in [1.82, 2.24) is 5.16 Å². The van der Waals surface area contributed by atoms with Crippen LogP contribution in [0.5, 0.6) is 0 Å². The van der Waals surface area contributed by atoms with E-state index < -0.39 is 15.3 Å². The van der Waals surface area contributed by atoms with Crippen molar-refractivity contribution in [2.24, 2.45) is 0 Å². The summed E-state index contributed by atoms with van der Waals surface area (Å²) < 4.78 is 36.9. The molecule has 1 aromatic heterocycles. The van der Waals surface area contributed by atoms with E-state index in [1.807, 2.05) is 55.5 Å². The van der Waals surface area contributed by atoms with Crippen molar-refractivity contribution in [2.45, 2.75) is 43.6 Å². The number of benzene rings is 3. The van der Waals surface area contributed by atoms with Gasteiger partial charge in [0.05, 0.1) is 29.2 Å². The Hall–Kier alpha value is -3.42. The molecule has 0 unspecified atom stereocenters. The third kappa shape index (κ3) is 5.26. The second kappa shape index (κ2) is 10.4. The Morgan fingerprint density at radius 1 is 0.947 bits per heavy atom. The number of carbonyl (C=O) groups is 1. The second-order valence-corrected chi connectivity index (χ2v) is 12.1. The van der Waals surface area contributed by atoms with Crippen molar-refractivity contribution >= 4 is 27.4 Å². The smallest absolute Gasteiger partial charge is 0.316 e. The number of hydrogen-bond acceptors (Lipinski definition) is 6. The van der Waals surface area contributed by atoms with Crippen LogP contribution in [-0.4, -0.2) is 26.2 Å². The number of rotatable bonds is 9. The summed E-state index contributed by atoms with van der Waals surface area (Å²) in [5, 5.41) is 4.47. The zero-order chi connectivity index (χ0) is 26.9. The zero-order valence-corrected chi connectivity index (χ0v) is 22.8. The van der Waals surface area contributed by atoms with E-state index in [-0.39, 0.29) is 17.5 Å². The van der Waals surface area contributed by atoms with Gasteiger partial charge in [0.2, 0.25) is 0 Å². The number of aryl methyl sites for hydroxylation is 1. The fraction of sp³-hybridized carbons (Fsp3) is 0.267.